The van der Waals surface area contributed by atoms with Crippen molar-refractivity contribution >= 4 is 0 Å². The topological polar surface area (TPSA) is 44.3 Å². The van der Waals surface area contributed by atoms with Crippen molar-refractivity contribution < 1.29 is 5.11 Å². The van der Waals surface area contributed by atoms with Crippen LogP contribution in [0.1, 0.15) is 32.6 Å². The highest BCUT2D eigenvalue weighted by molar-refractivity contribution is 4.74. The number of aliphatic hydroxyl groups excluding tert-OH is 1. The van der Waals surface area contributed by atoms with E-state index < -0.39 is 0 Å². The second-order valence-electron chi connectivity index (χ2n) is 3.99. The first-order valence-electron chi connectivity index (χ1n) is 5.41. The van der Waals surface area contributed by atoms with E-state index in [0.29, 0.717) is 6.04 Å². The highest BCUT2D eigenvalue weighted by atomic mass is 16.3. The van der Waals surface area contributed by atoms with Crippen LogP contribution >= 0.6 is 0 Å². The van der Waals surface area contributed by atoms with Crippen molar-refractivity contribution in [2.45, 2.75) is 44.8 Å². The van der Waals surface area contributed by atoms with Gasteiger partial charge in [-0.05, 0) is 39.3 Å². The minimum atomic E-state index is -0.174. The average Bonchev–Trinajstić information content (AvgIpc) is 2.14. The Balaban J connectivity index is 1.92. The Morgan fingerprint density at radius 1 is 1.54 bits per heavy atom. The van der Waals surface area contributed by atoms with Crippen LogP contribution in [0.3, 0.4) is 0 Å². The monoisotopic (exact) mass is 186 g/mol. The molecule has 0 amide bonds. The second-order valence-corrected chi connectivity index (χ2v) is 3.99. The number of hydrogen-bond donors (Lipinski definition) is 3. The Morgan fingerprint density at radius 2 is 2.38 bits per heavy atom. The fourth-order valence-electron chi connectivity index (χ4n) is 1.69. The van der Waals surface area contributed by atoms with Gasteiger partial charge in [0.15, 0.2) is 0 Å². The molecule has 78 valence electrons. The predicted octanol–water partition coefficient (Wildman–Crippen LogP) is 0.489. The lowest BCUT2D eigenvalue weighted by Crippen LogP contribution is -2.42. The van der Waals surface area contributed by atoms with Gasteiger partial charge in [-0.3, -0.25) is 0 Å². The van der Waals surface area contributed by atoms with Gasteiger partial charge in [-0.15, -0.1) is 0 Å². The van der Waals surface area contributed by atoms with Gasteiger partial charge in [-0.1, -0.05) is 6.42 Å². The van der Waals surface area contributed by atoms with E-state index in [4.69, 9.17) is 5.11 Å². The molecule has 2 unspecified atom stereocenters. The van der Waals surface area contributed by atoms with Crippen LogP contribution in [0, 0.1) is 0 Å². The van der Waals surface area contributed by atoms with Gasteiger partial charge in [0.2, 0.25) is 0 Å². The number of aliphatic hydroxyl groups is 1. The largest absolute Gasteiger partial charge is 0.393 e. The first kappa shape index (κ1) is 11.0. The first-order valence-corrected chi connectivity index (χ1v) is 5.41. The lowest BCUT2D eigenvalue weighted by Gasteiger charge is -2.23. The molecule has 3 heteroatoms. The summed E-state index contributed by atoms with van der Waals surface area (Å²) in [6.45, 7) is 4.98. The zero-order valence-corrected chi connectivity index (χ0v) is 8.55. The average molecular weight is 186 g/mol. The van der Waals surface area contributed by atoms with E-state index in [0.717, 1.165) is 19.5 Å². The van der Waals surface area contributed by atoms with Crippen LogP contribution < -0.4 is 10.6 Å². The van der Waals surface area contributed by atoms with Crippen molar-refractivity contribution in [3.63, 3.8) is 0 Å². The molecule has 13 heavy (non-hydrogen) atoms. The molecule has 0 aromatic rings. The molecule has 1 fully saturated rings. The number of rotatable bonds is 5. The summed E-state index contributed by atoms with van der Waals surface area (Å²) in [5, 5.41) is 15.9. The van der Waals surface area contributed by atoms with E-state index in [1.165, 1.54) is 25.8 Å². The van der Waals surface area contributed by atoms with Crippen LogP contribution in [0.15, 0.2) is 0 Å². The van der Waals surface area contributed by atoms with E-state index in [-0.39, 0.29) is 6.10 Å². The molecule has 1 heterocycles. The Morgan fingerprint density at radius 3 is 3.00 bits per heavy atom. The molecule has 1 rings (SSSR count). The molecular formula is C10H22N2O. The molecule has 0 bridgehead atoms. The van der Waals surface area contributed by atoms with Crippen molar-refractivity contribution in [2.24, 2.45) is 0 Å². The third kappa shape index (κ3) is 5.24. The van der Waals surface area contributed by atoms with Gasteiger partial charge in [0.25, 0.3) is 0 Å². The fourth-order valence-corrected chi connectivity index (χ4v) is 1.69. The van der Waals surface area contributed by atoms with Crippen molar-refractivity contribution in [2.75, 3.05) is 19.6 Å². The normalized spacial score (nSPS) is 25.8. The van der Waals surface area contributed by atoms with Gasteiger partial charge in [0.1, 0.15) is 0 Å². The Kier molecular flexibility index (Phi) is 5.35. The van der Waals surface area contributed by atoms with Crippen molar-refractivity contribution in [1.82, 2.24) is 10.6 Å². The molecule has 3 N–H and O–H groups in total. The van der Waals surface area contributed by atoms with Crippen LogP contribution in [-0.4, -0.2) is 36.9 Å². The van der Waals surface area contributed by atoms with Gasteiger partial charge < -0.3 is 15.7 Å². The quantitative estimate of drug-likeness (QED) is 0.548. The highest BCUT2D eigenvalue weighted by Gasteiger charge is 2.11. The maximum atomic E-state index is 9.03. The molecule has 1 aliphatic rings. The molecule has 0 radical (unpaired) electrons. The number of nitrogens with one attached hydrogen (secondary N) is 2. The molecule has 3 nitrogen and oxygen atoms in total. The number of piperidine rings is 1. The Hall–Kier alpha value is -0.120. The van der Waals surface area contributed by atoms with Gasteiger partial charge in [0, 0.05) is 12.6 Å². The molecular weight excluding hydrogens is 164 g/mol. The maximum Gasteiger partial charge on any atom is 0.0524 e. The summed E-state index contributed by atoms with van der Waals surface area (Å²) in [6.07, 6.45) is 4.65. The van der Waals surface area contributed by atoms with Crippen LogP contribution in [-0.2, 0) is 0 Å². The summed E-state index contributed by atoms with van der Waals surface area (Å²) in [5.74, 6) is 0. The lowest BCUT2D eigenvalue weighted by molar-refractivity contribution is 0.183. The summed E-state index contributed by atoms with van der Waals surface area (Å²) in [4.78, 5) is 0. The summed E-state index contributed by atoms with van der Waals surface area (Å²) in [6, 6.07) is 0.655. The molecule has 1 saturated heterocycles. The molecule has 0 aliphatic carbocycles. The highest BCUT2D eigenvalue weighted by Crippen LogP contribution is 2.05. The summed E-state index contributed by atoms with van der Waals surface area (Å²) >= 11 is 0. The fraction of sp³-hybridized carbons (Fsp3) is 1.00. The van der Waals surface area contributed by atoms with Crippen LogP contribution in [0.25, 0.3) is 0 Å². The van der Waals surface area contributed by atoms with Crippen LogP contribution in [0.2, 0.25) is 0 Å². The standard InChI is InChI=1S/C10H22N2O/c1-9(13)5-7-11-8-10-4-2-3-6-12-10/h9-13H,2-8H2,1H3. The molecule has 0 aromatic heterocycles. The SMILES string of the molecule is CC(O)CCNCC1CCCCN1. The first-order chi connectivity index (χ1) is 6.29. The van der Waals surface area contributed by atoms with Gasteiger partial charge in [0.05, 0.1) is 6.10 Å². The smallest absolute Gasteiger partial charge is 0.0524 e. The summed E-state index contributed by atoms with van der Waals surface area (Å²) < 4.78 is 0. The molecule has 0 spiro atoms. The van der Waals surface area contributed by atoms with E-state index in [9.17, 15) is 0 Å². The van der Waals surface area contributed by atoms with Crippen molar-refractivity contribution in [1.29, 1.82) is 0 Å². The van der Waals surface area contributed by atoms with Crippen molar-refractivity contribution in [3.8, 4) is 0 Å². The lowest BCUT2D eigenvalue weighted by atomic mass is 10.1. The predicted molar refractivity (Wildman–Crippen MR) is 54.8 cm³/mol. The summed E-state index contributed by atoms with van der Waals surface area (Å²) in [5.41, 5.74) is 0. The zero-order valence-electron chi connectivity index (χ0n) is 8.55. The van der Waals surface area contributed by atoms with E-state index in [1.54, 1.807) is 0 Å². The molecule has 2 atom stereocenters. The summed E-state index contributed by atoms with van der Waals surface area (Å²) in [7, 11) is 0. The minimum absolute atomic E-state index is 0.174. The van der Waals surface area contributed by atoms with Crippen LogP contribution in [0.5, 0.6) is 0 Å². The van der Waals surface area contributed by atoms with Crippen molar-refractivity contribution in [3.05, 3.63) is 0 Å². The Labute approximate surface area is 80.9 Å². The van der Waals surface area contributed by atoms with Crippen LogP contribution in [0.4, 0.5) is 0 Å². The number of hydrogen-bond acceptors (Lipinski definition) is 3. The maximum absolute atomic E-state index is 9.03. The molecule has 0 aromatic carbocycles. The zero-order chi connectivity index (χ0) is 9.52. The van der Waals surface area contributed by atoms with E-state index >= 15 is 0 Å². The van der Waals surface area contributed by atoms with Gasteiger partial charge in [-0.25, -0.2) is 0 Å². The van der Waals surface area contributed by atoms with E-state index in [2.05, 4.69) is 10.6 Å². The third-order valence-corrected chi connectivity index (χ3v) is 2.54. The van der Waals surface area contributed by atoms with Gasteiger partial charge in [-0.2, -0.15) is 0 Å². The minimum Gasteiger partial charge on any atom is -0.393 e. The van der Waals surface area contributed by atoms with E-state index in [1.807, 2.05) is 6.92 Å². The molecule has 0 saturated carbocycles. The molecule has 1 aliphatic heterocycles. The second kappa shape index (κ2) is 6.35. The Bertz CT molecular complexity index is 122. The van der Waals surface area contributed by atoms with Gasteiger partial charge >= 0.3 is 0 Å². The third-order valence-electron chi connectivity index (χ3n) is 2.54.